The minimum absolute atomic E-state index is 0.198. The molecule has 0 bridgehead atoms. The van der Waals surface area contributed by atoms with E-state index in [1.807, 2.05) is 78.5 Å². The molecule has 2 heterocycles. The Morgan fingerprint density at radius 1 is 0.804 bits per heavy atom. The number of nitrogens with zero attached hydrogens (tertiary/aromatic N) is 2. The van der Waals surface area contributed by atoms with Gasteiger partial charge in [0.2, 0.25) is 17.7 Å². The number of rotatable bonds is 9. The van der Waals surface area contributed by atoms with E-state index in [0.717, 1.165) is 37.4 Å². The molecule has 3 amide bonds. The molecule has 3 atom stereocenters. The zero-order valence-corrected chi connectivity index (χ0v) is 31.4. The molecule has 272 valence electrons. The molecule has 0 radical (unpaired) electrons. The molecule has 0 spiro atoms. The topological polar surface area (TPSA) is 148 Å². The van der Waals surface area contributed by atoms with Crippen LogP contribution in [0, 0.1) is 0 Å². The molecule has 10 nitrogen and oxygen atoms in total. The van der Waals surface area contributed by atoms with Crippen molar-refractivity contribution in [1.29, 1.82) is 0 Å². The van der Waals surface area contributed by atoms with E-state index in [4.69, 9.17) is 34.7 Å². The van der Waals surface area contributed by atoms with Gasteiger partial charge in [-0.2, -0.15) is 0 Å². The molecular weight excluding hydrogens is 705 g/mol. The van der Waals surface area contributed by atoms with Gasteiger partial charge in [0.05, 0.1) is 6.04 Å². The van der Waals surface area contributed by atoms with Gasteiger partial charge in [0, 0.05) is 70.5 Å². The molecule has 0 fully saturated rings. The molecule has 1 aliphatic rings. The van der Waals surface area contributed by atoms with Crippen molar-refractivity contribution in [2.75, 3.05) is 20.1 Å². The van der Waals surface area contributed by atoms with Crippen LogP contribution in [0.5, 0.6) is 0 Å². The Balaban J connectivity index is 1.57. The molecule has 1 aliphatic heterocycles. The van der Waals surface area contributed by atoms with Crippen LogP contribution in [0.15, 0.2) is 76.7 Å². The summed E-state index contributed by atoms with van der Waals surface area (Å²) in [6.07, 6.45) is 5.02. The molecule has 0 aliphatic carbocycles. The van der Waals surface area contributed by atoms with Gasteiger partial charge in [-0.25, -0.2) is 0 Å². The number of benzene rings is 3. The van der Waals surface area contributed by atoms with Crippen molar-refractivity contribution in [3.8, 4) is 0 Å². The number of nitrogens with one attached hydrogen (secondary N) is 3. The van der Waals surface area contributed by atoms with Crippen LogP contribution >= 0.6 is 35.0 Å². The molecule has 0 saturated heterocycles. The van der Waals surface area contributed by atoms with Crippen LogP contribution in [-0.2, 0) is 40.9 Å². The van der Waals surface area contributed by atoms with E-state index in [1.165, 1.54) is 4.90 Å². The van der Waals surface area contributed by atoms with Gasteiger partial charge < -0.3 is 36.9 Å². The average Bonchev–Trinajstić information content (AvgIpc) is 3.43. The summed E-state index contributed by atoms with van der Waals surface area (Å²) in [5.74, 6) is -0.966. The van der Waals surface area contributed by atoms with Crippen molar-refractivity contribution < 1.29 is 14.4 Å². The monoisotopic (exact) mass is 751 g/mol. The zero-order chi connectivity index (χ0) is 36.5. The lowest BCUT2D eigenvalue weighted by Gasteiger charge is -2.32. The maximum atomic E-state index is 14.4. The van der Waals surface area contributed by atoms with E-state index in [-0.39, 0.29) is 30.7 Å². The number of fused-ring (bicyclic) bond motifs is 3. The molecule has 5 rings (SSSR count). The van der Waals surface area contributed by atoms with Crippen molar-refractivity contribution in [2.45, 2.75) is 79.5 Å². The number of unbranched alkanes of at least 4 members (excludes halogenated alkanes) is 1. The Morgan fingerprint density at radius 2 is 1.51 bits per heavy atom. The van der Waals surface area contributed by atoms with Gasteiger partial charge in [0.15, 0.2) is 0 Å². The summed E-state index contributed by atoms with van der Waals surface area (Å²) in [5, 5.41) is 11.7. The van der Waals surface area contributed by atoms with Crippen LogP contribution in [0.1, 0.15) is 48.8 Å². The van der Waals surface area contributed by atoms with Crippen LogP contribution in [0.2, 0.25) is 10.0 Å². The van der Waals surface area contributed by atoms with Crippen molar-refractivity contribution in [3.05, 3.63) is 93.6 Å². The van der Waals surface area contributed by atoms with Crippen LogP contribution < -0.4 is 27.4 Å². The Labute approximate surface area is 314 Å². The summed E-state index contributed by atoms with van der Waals surface area (Å²) in [6, 6.07) is 16.9. The van der Waals surface area contributed by atoms with Crippen molar-refractivity contribution >= 4 is 63.6 Å². The molecule has 3 aromatic carbocycles. The molecule has 7 N–H and O–H groups in total. The SMILES string of the molecule is CN1C(=O)[C@H](CCCCN)NC(=O)[C@H](CCCN)NCc2ccccc2Sc2ccc(Cl)cc2CNC(=O)[C@@H]1Cc1cn(C)c2cc(Cl)ccc12. The lowest BCUT2D eigenvalue weighted by Crippen LogP contribution is -2.57. The average molecular weight is 753 g/mol. The third-order valence-corrected chi connectivity index (χ3v) is 11.1. The fraction of sp³-hybridized carbons (Fsp3) is 0.395. The van der Waals surface area contributed by atoms with Crippen molar-refractivity contribution in [1.82, 2.24) is 25.4 Å². The third kappa shape index (κ3) is 9.85. The van der Waals surface area contributed by atoms with E-state index in [2.05, 4.69) is 16.0 Å². The second kappa shape index (κ2) is 18.3. The van der Waals surface area contributed by atoms with Gasteiger partial charge in [-0.05, 0) is 98.3 Å². The van der Waals surface area contributed by atoms with Crippen molar-refractivity contribution in [2.24, 2.45) is 18.5 Å². The highest BCUT2D eigenvalue weighted by atomic mass is 35.5. The molecule has 1 aromatic heterocycles. The quantitative estimate of drug-likeness (QED) is 0.149. The van der Waals surface area contributed by atoms with Gasteiger partial charge in [-0.3, -0.25) is 14.4 Å². The van der Waals surface area contributed by atoms with E-state index >= 15 is 0 Å². The fourth-order valence-corrected chi connectivity index (χ4v) is 7.89. The Morgan fingerprint density at radius 3 is 2.29 bits per heavy atom. The third-order valence-electron chi connectivity index (χ3n) is 9.35. The molecule has 13 heteroatoms. The van der Waals surface area contributed by atoms with Gasteiger partial charge in [-0.1, -0.05) is 59.2 Å². The summed E-state index contributed by atoms with van der Waals surface area (Å²) in [6.45, 7) is 1.51. The molecule has 51 heavy (non-hydrogen) atoms. The first kappa shape index (κ1) is 38.6. The summed E-state index contributed by atoms with van der Waals surface area (Å²) in [7, 11) is 3.56. The van der Waals surface area contributed by atoms with Crippen molar-refractivity contribution in [3.63, 3.8) is 0 Å². The number of likely N-dealkylation sites (N-methyl/N-ethyl adjacent to an activating group) is 1. The molecular formula is C38H47Cl2N7O3S. The summed E-state index contributed by atoms with van der Waals surface area (Å²) >= 11 is 14.4. The van der Waals surface area contributed by atoms with Gasteiger partial charge in [-0.15, -0.1) is 0 Å². The molecule has 4 aromatic rings. The number of nitrogens with two attached hydrogens (primary N) is 2. The number of aromatic nitrogens is 1. The first-order chi connectivity index (χ1) is 24.6. The van der Waals surface area contributed by atoms with E-state index < -0.39 is 18.1 Å². The van der Waals surface area contributed by atoms with Gasteiger partial charge >= 0.3 is 0 Å². The maximum absolute atomic E-state index is 14.4. The van der Waals surface area contributed by atoms with E-state index in [9.17, 15) is 14.4 Å². The lowest BCUT2D eigenvalue weighted by molar-refractivity contribution is -0.142. The number of amides is 3. The fourth-order valence-electron chi connectivity index (χ4n) is 6.47. The number of aryl methyl sites for hydroxylation is 1. The van der Waals surface area contributed by atoms with Crippen LogP contribution in [-0.4, -0.2) is 65.5 Å². The van der Waals surface area contributed by atoms with E-state index in [1.54, 1.807) is 18.8 Å². The minimum atomic E-state index is -0.898. The van der Waals surface area contributed by atoms with E-state index in [0.29, 0.717) is 61.8 Å². The van der Waals surface area contributed by atoms with Crippen LogP contribution in [0.3, 0.4) is 0 Å². The zero-order valence-electron chi connectivity index (χ0n) is 29.1. The molecule has 0 saturated carbocycles. The second-order valence-electron chi connectivity index (χ2n) is 13.0. The normalized spacial score (nSPS) is 19.3. The Hall–Kier alpha value is -3.58. The van der Waals surface area contributed by atoms with Gasteiger partial charge in [0.25, 0.3) is 0 Å². The van der Waals surface area contributed by atoms with Crippen LogP contribution in [0.4, 0.5) is 0 Å². The van der Waals surface area contributed by atoms with Gasteiger partial charge in [0.1, 0.15) is 12.1 Å². The Kier molecular flexibility index (Phi) is 13.8. The number of carbonyl (C=O) groups is 3. The maximum Gasteiger partial charge on any atom is 0.245 e. The van der Waals surface area contributed by atoms with Crippen LogP contribution in [0.25, 0.3) is 10.9 Å². The smallest absolute Gasteiger partial charge is 0.245 e. The number of carbonyl (C=O) groups excluding carboxylic acids is 3. The lowest BCUT2D eigenvalue weighted by atomic mass is 10.0. The highest BCUT2D eigenvalue weighted by Gasteiger charge is 2.34. The number of hydrogen-bond donors (Lipinski definition) is 5. The Bertz CT molecular complexity index is 1850. The first-order valence-corrected chi connectivity index (χ1v) is 18.9. The molecule has 0 unspecified atom stereocenters. The summed E-state index contributed by atoms with van der Waals surface area (Å²) in [5.41, 5.74) is 15.3. The highest BCUT2D eigenvalue weighted by Crippen LogP contribution is 2.34. The number of hydrogen-bond acceptors (Lipinski definition) is 7. The largest absolute Gasteiger partial charge is 0.350 e. The minimum Gasteiger partial charge on any atom is -0.350 e. The number of halogens is 2. The standard InChI is InChI=1S/C38H47Cl2N7O3S/c1-46-23-26(29-14-12-28(40)20-32(29)46)19-33-37(49)44-22-25-18-27(39)13-15-35(25)51-34-11-4-3-8-24(34)21-43-30(10-7-17-42)36(48)45-31(9-5-6-16-41)38(50)47(33)2/h3-4,8,11-15,18,20,23,30-31,33,43H,5-7,9-10,16-17,19,21-22,41-42H2,1-2H3,(H,44,49)(H,45,48)/t30-,31-,33-/m0/s1. The predicted molar refractivity (Wildman–Crippen MR) is 206 cm³/mol. The summed E-state index contributed by atoms with van der Waals surface area (Å²) in [4.78, 5) is 46.1. The summed E-state index contributed by atoms with van der Waals surface area (Å²) < 4.78 is 1.96. The first-order valence-electron chi connectivity index (χ1n) is 17.4. The predicted octanol–water partition coefficient (Wildman–Crippen LogP) is 5.15. The highest BCUT2D eigenvalue weighted by molar-refractivity contribution is 7.99. The second-order valence-corrected chi connectivity index (χ2v) is 14.9.